The summed E-state index contributed by atoms with van der Waals surface area (Å²) in [5, 5.41) is 9.84. The molecule has 1 aromatic heterocycles. The number of carbonyl (C=O) groups excluding carboxylic acids is 1. The quantitative estimate of drug-likeness (QED) is 0.906. The molecule has 0 saturated heterocycles. The number of hydrogen-bond donors (Lipinski definition) is 2. The van der Waals surface area contributed by atoms with Crippen LogP contribution >= 0.6 is 0 Å². The van der Waals surface area contributed by atoms with E-state index in [1.807, 2.05) is 13.0 Å². The number of nitrogens with one attached hydrogen (secondary N) is 2. The second-order valence-corrected chi connectivity index (χ2v) is 5.83. The zero-order valence-corrected chi connectivity index (χ0v) is 12.9. The first-order chi connectivity index (χ1) is 9.90. The van der Waals surface area contributed by atoms with E-state index in [1.54, 1.807) is 24.3 Å². The summed E-state index contributed by atoms with van der Waals surface area (Å²) in [7, 11) is 0. The van der Waals surface area contributed by atoms with Crippen molar-refractivity contribution in [1.29, 1.82) is 0 Å². The number of hydrogen-bond acceptors (Lipinski definition) is 3. The molecule has 2 rings (SSSR count). The van der Waals surface area contributed by atoms with Crippen molar-refractivity contribution in [3.8, 4) is 5.75 Å². The molecule has 0 atom stereocenters. The van der Waals surface area contributed by atoms with Gasteiger partial charge in [-0.15, -0.1) is 0 Å². The van der Waals surface area contributed by atoms with Crippen LogP contribution in [0.25, 0.3) is 0 Å². The summed E-state index contributed by atoms with van der Waals surface area (Å²) in [5.74, 6) is 1.09. The largest absolute Gasteiger partial charge is 0.494 e. The van der Waals surface area contributed by atoms with E-state index in [9.17, 15) is 4.79 Å². The fraction of sp³-hybridized carbons (Fsp3) is 0.375. The smallest absolute Gasteiger partial charge is 0.256 e. The number of aromatic amines is 1. The minimum atomic E-state index is -0.190. The van der Waals surface area contributed by atoms with Crippen LogP contribution < -0.4 is 10.1 Å². The Morgan fingerprint density at radius 3 is 2.48 bits per heavy atom. The number of ether oxygens (including phenoxy) is 1. The second kappa shape index (κ2) is 5.99. The molecule has 1 heterocycles. The van der Waals surface area contributed by atoms with E-state index >= 15 is 0 Å². The van der Waals surface area contributed by atoms with Gasteiger partial charge in [0.25, 0.3) is 5.91 Å². The standard InChI is InChI=1S/C16H21N3O2/c1-5-21-12-8-6-11(7-9-12)15(20)17-14-10-13(18-19-14)16(2,3)4/h6-10H,5H2,1-4H3,(H2,17,18,19,20). The fourth-order valence-corrected chi connectivity index (χ4v) is 1.83. The van der Waals surface area contributed by atoms with Crippen LogP contribution in [0.4, 0.5) is 5.82 Å². The topological polar surface area (TPSA) is 67.0 Å². The number of aromatic nitrogens is 2. The molecule has 0 aliphatic heterocycles. The van der Waals surface area contributed by atoms with Crippen LogP contribution in [0.5, 0.6) is 5.75 Å². The first-order valence-electron chi connectivity index (χ1n) is 7.00. The number of rotatable bonds is 4. The van der Waals surface area contributed by atoms with Crippen LogP contribution in [-0.4, -0.2) is 22.7 Å². The highest BCUT2D eigenvalue weighted by Crippen LogP contribution is 2.22. The van der Waals surface area contributed by atoms with Crippen molar-refractivity contribution in [2.24, 2.45) is 0 Å². The lowest BCUT2D eigenvalue weighted by atomic mass is 9.92. The van der Waals surface area contributed by atoms with Gasteiger partial charge in [-0.3, -0.25) is 9.89 Å². The summed E-state index contributed by atoms with van der Waals surface area (Å²) in [5.41, 5.74) is 1.51. The highest BCUT2D eigenvalue weighted by Gasteiger charge is 2.17. The Balaban J connectivity index is 2.05. The van der Waals surface area contributed by atoms with Crippen molar-refractivity contribution < 1.29 is 9.53 Å². The third kappa shape index (κ3) is 3.84. The van der Waals surface area contributed by atoms with Crippen LogP contribution in [0, 0.1) is 0 Å². The zero-order valence-electron chi connectivity index (χ0n) is 12.9. The number of anilines is 1. The summed E-state index contributed by atoms with van der Waals surface area (Å²) >= 11 is 0. The van der Waals surface area contributed by atoms with E-state index in [-0.39, 0.29) is 11.3 Å². The summed E-state index contributed by atoms with van der Waals surface area (Å²) in [6.07, 6.45) is 0. The molecule has 21 heavy (non-hydrogen) atoms. The third-order valence-electron chi connectivity index (χ3n) is 3.05. The molecule has 2 aromatic rings. The molecular weight excluding hydrogens is 266 g/mol. The maximum atomic E-state index is 12.1. The van der Waals surface area contributed by atoms with Crippen molar-refractivity contribution in [2.45, 2.75) is 33.1 Å². The molecule has 0 spiro atoms. The Kier molecular flexibility index (Phi) is 4.31. The summed E-state index contributed by atoms with van der Waals surface area (Å²) in [6, 6.07) is 8.88. The van der Waals surface area contributed by atoms with Gasteiger partial charge in [0.1, 0.15) is 5.75 Å². The monoisotopic (exact) mass is 287 g/mol. The minimum absolute atomic E-state index is 0.0326. The molecule has 0 aliphatic carbocycles. The van der Waals surface area contributed by atoms with E-state index in [1.165, 1.54) is 0 Å². The lowest BCUT2D eigenvalue weighted by Crippen LogP contribution is -2.12. The van der Waals surface area contributed by atoms with Crippen LogP contribution in [0.15, 0.2) is 30.3 Å². The minimum Gasteiger partial charge on any atom is -0.494 e. The maximum Gasteiger partial charge on any atom is 0.256 e. The maximum absolute atomic E-state index is 12.1. The first kappa shape index (κ1) is 15.1. The van der Waals surface area contributed by atoms with E-state index < -0.39 is 0 Å². The molecular formula is C16H21N3O2. The molecule has 5 heteroatoms. The molecule has 1 aromatic carbocycles. The number of carbonyl (C=O) groups is 1. The highest BCUT2D eigenvalue weighted by molar-refractivity contribution is 6.03. The van der Waals surface area contributed by atoms with Gasteiger partial charge in [-0.25, -0.2) is 0 Å². The SMILES string of the molecule is CCOc1ccc(C(=O)Nc2cc(C(C)(C)C)[nH]n2)cc1. The Bertz CT molecular complexity index is 609. The molecule has 0 fully saturated rings. The van der Waals surface area contributed by atoms with Gasteiger partial charge in [-0.1, -0.05) is 20.8 Å². The Morgan fingerprint density at radius 2 is 1.95 bits per heavy atom. The molecule has 5 nitrogen and oxygen atoms in total. The van der Waals surface area contributed by atoms with Crippen molar-refractivity contribution in [1.82, 2.24) is 10.2 Å². The Hall–Kier alpha value is -2.30. The predicted molar refractivity (Wildman–Crippen MR) is 82.9 cm³/mol. The van der Waals surface area contributed by atoms with E-state index in [0.29, 0.717) is 18.0 Å². The molecule has 0 aliphatic rings. The molecule has 0 radical (unpaired) electrons. The van der Waals surface area contributed by atoms with Crippen molar-refractivity contribution >= 4 is 11.7 Å². The number of nitrogens with zero attached hydrogens (tertiary/aromatic N) is 1. The number of amides is 1. The highest BCUT2D eigenvalue weighted by atomic mass is 16.5. The van der Waals surface area contributed by atoms with Crippen molar-refractivity contribution in [3.05, 3.63) is 41.6 Å². The van der Waals surface area contributed by atoms with Gasteiger partial charge in [0.05, 0.1) is 6.61 Å². The summed E-state index contributed by atoms with van der Waals surface area (Å²) in [6.45, 7) is 8.77. The van der Waals surface area contributed by atoms with Crippen LogP contribution in [0.2, 0.25) is 0 Å². The molecule has 1 amide bonds. The van der Waals surface area contributed by atoms with Gasteiger partial charge in [-0.2, -0.15) is 5.10 Å². The van der Waals surface area contributed by atoms with Gasteiger partial charge < -0.3 is 10.1 Å². The lowest BCUT2D eigenvalue weighted by molar-refractivity contribution is 0.102. The molecule has 2 N–H and O–H groups in total. The van der Waals surface area contributed by atoms with Crippen molar-refractivity contribution in [2.75, 3.05) is 11.9 Å². The summed E-state index contributed by atoms with van der Waals surface area (Å²) < 4.78 is 5.35. The zero-order chi connectivity index (χ0) is 15.5. The van der Waals surface area contributed by atoms with Crippen LogP contribution in [0.1, 0.15) is 43.7 Å². The van der Waals surface area contributed by atoms with Gasteiger partial charge >= 0.3 is 0 Å². The van der Waals surface area contributed by atoms with Gasteiger partial charge in [-0.05, 0) is 31.2 Å². The van der Waals surface area contributed by atoms with Crippen molar-refractivity contribution in [3.63, 3.8) is 0 Å². The van der Waals surface area contributed by atoms with E-state index in [2.05, 4.69) is 36.3 Å². The average molecular weight is 287 g/mol. The number of H-pyrrole nitrogens is 1. The molecule has 0 bridgehead atoms. The lowest BCUT2D eigenvalue weighted by Gasteiger charge is -2.14. The van der Waals surface area contributed by atoms with Crippen LogP contribution in [-0.2, 0) is 5.41 Å². The fourth-order valence-electron chi connectivity index (χ4n) is 1.83. The second-order valence-electron chi connectivity index (χ2n) is 5.83. The van der Waals surface area contributed by atoms with Gasteiger partial charge in [0.2, 0.25) is 0 Å². The van der Waals surface area contributed by atoms with Gasteiger partial charge in [0, 0.05) is 22.7 Å². The molecule has 112 valence electrons. The average Bonchev–Trinajstić information content (AvgIpc) is 2.88. The Morgan fingerprint density at radius 1 is 1.29 bits per heavy atom. The third-order valence-corrected chi connectivity index (χ3v) is 3.05. The van der Waals surface area contributed by atoms with Gasteiger partial charge in [0.15, 0.2) is 5.82 Å². The molecule has 0 unspecified atom stereocenters. The number of benzene rings is 1. The first-order valence-corrected chi connectivity index (χ1v) is 7.00. The Labute approximate surface area is 124 Å². The van der Waals surface area contributed by atoms with E-state index in [4.69, 9.17) is 4.74 Å². The van der Waals surface area contributed by atoms with E-state index in [0.717, 1.165) is 11.4 Å². The summed E-state index contributed by atoms with van der Waals surface area (Å²) in [4.78, 5) is 12.1. The molecule has 0 saturated carbocycles. The van der Waals surface area contributed by atoms with Crippen LogP contribution in [0.3, 0.4) is 0 Å². The predicted octanol–water partition coefficient (Wildman–Crippen LogP) is 3.36. The normalized spacial score (nSPS) is 11.2.